The van der Waals surface area contributed by atoms with Crippen molar-refractivity contribution in [2.75, 3.05) is 39.9 Å². The molecular formula is C13H29Cl2N3O2. The number of carbonyl (C=O) groups is 1. The van der Waals surface area contributed by atoms with Gasteiger partial charge in [0.05, 0.1) is 12.6 Å². The quantitative estimate of drug-likeness (QED) is 0.793. The van der Waals surface area contributed by atoms with Crippen molar-refractivity contribution in [2.45, 2.75) is 38.8 Å². The van der Waals surface area contributed by atoms with E-state index in [9.17, 15) is 4.79 Å². The van der Waals surface area contributed by atoms with Crippen LogP contribution in [0.15, 0.2) is 0 Å². The minimum atomic E-state index is -0.340. The molecule has 122 valence electrons. The van der Waals surface area contributed by atoms with Crippen molar-refractivity contribution >= 4 is 30.7 Å². The molecule has 0 aromatic rings. The summed E-state index contributed by atoms with van der Waals surface area (Å²) in [6.45, 7) is 8.31. The molecule has 1 aliphatic heterocycles. The number of piperazine rings is 1. The van der Waals surface area contributed by atoms with E-state index in [-0.39, 0.29) is 36.8 Å². The number of hydrogen-bond donors (Lipinski definition) is 1. The van der Waals surface area contributed by atoms with Gasteiger partial charge in [-0.1, -0.05) is 13.8 Å². The van der Waals surface area contributed by atoms with Gasteiger partial charge in [-0.25, -0.2) is 0 Å². The van der Waals surface area contributed by atoms with Crippen LogP contribution in [0, 0.1) is 0 Å². The maximum atomic E-state index is 12.1. The van der Waals surface area contributed by atoms with E-state index >= 15 is 0 Å². The molecule has 1 rings (SSSR count). The summed E-state index contributed by atoms with van der Waals surface area (Å²) in [6, 6.07) is 0.0925. The number of amides is 1. The van der Waals surface area contributed by atoms with Crippen molar-refractivity contribution < 1.29 is 9.53 Å². The summed E-state index contributed by atoms with van der Waals surface area (Å²) in [5.41, 5.74) is 5.82. The fourth-order valence-corrected chi connectivity index (χ4v) is 2.39. The number of methoxy groups -OCH3 is 1. The number of nitrogens with zero attached hydrogens (tertiary/aromatic N) is 2. The molecule has 0 radical (unpaired) electrons. The summed E-state index contributed by atoms with van der Waals surface area (Å²) in [6.07, 6.45) is 1.76. The molecule has 2 atom stereocenters. The molecular weight excluding hydrogens is 301 g/mol. The predicted molar refractivity (Wildman–Crippen MR) is 86.9 cm³/mol. The highest BCUT2D eigenvalue weighted by Crippen LogP contribution is 2.13. The van der Waals surface area contributed by atoms with Gasteiger partial charge in [0.25, 0.3) is 0 Å². The summed E-state index contributed by atoms with van der Waals surface area (Å²) in [7, 11) is 1.72. The Kier molecular flexibility index (Phi) is 12.9. The molecule has 0 aliphatic carbocycles. The van der Waals surface area contributed by atoms with Gasteiger partial charge in [0.2, 0.25) is 5.91 Å². The van der Waals surface area contributed by atoms with Gasteiger partial charge in [-0.05, 0) is 12.8 Å². The first-order valence-electron chi connectivity index (χ1n) is 6.91. The Bertz CT molecular complexity index is 270. The summed E-state index contributed by atoms with van der Waals surface area (Å²) < 4.78 is 5.13. The van der Waals surface area contributed by atoms with E-state index in [0.29, 0.717) is 12.5 Å². The van der Waals surface area contributed by atoms with Crippen LogP contribution in [0.3, 0.4) is 0 Å². The molecule has 1 heterocycles. The Balaban J connectivity index is 0. The molecule has 1 unspecified atom stereocenters. The van der Waals surface area contributed by atoms with Crippen LogP contribution in [0.2, 0.25) is 0 Å². The zero-order chi connectivity index (χ0) is 13.5. The lowest BCUT2D eigenvalue weighted by atomic mass is 10.1. The second kappa shape index (κ2) is 11.6. The second-order valence-corrected chi connectivity index (χ2v) is 4.89. The topological polar surface area (TPSA) is 58.8 Å². The van der Waals surface area contributed by atoms with E-state index < -0.39 is 0 Å². The second-order valence-electron chi connectivity index (χ2n) is 4.89. The molecule has 7 heteroatoms. The van der Waals surface area contributed by atoms with Crippen LogP contribution in [0.25, 0.3) is 0 Å². The van der Waals surface area contributed by atoms with E-state index in [4.69, 9.17) is 10.5 Å². The Morgan fingerprint density at radius 2 is 2.00 bits per heavy atom. The Labute approximate surface area is 135 Å². The minimum Gasteiger partial charge on any atom is -0.383 e. The summed E-state index contributed by atoms with van der Waals surface area (Å²) in [5, 5.41) is 0. The molecule has 0 aromatic heterocycles. The maximum absolute atomic E-state index is 12.1. The lowest BCUT2D eigenvalue weighted by Crippen LogP contribution is -2.57. The molecule has 5 nitrogen and oxygen atoms in total. The number of ether oxygens (including phenoxy) is 1. The molecule has 1 saturated heterocycles. The Hall–Kier alpha value is -0.0700. The van der Waals surface area contributed by atoms with Crippen molar-refractivity contribution in [1.29, 1.82) is 0 Å². The Morgan fingerprint density at radius 1 is 1.35 bits per heavy atom. The van der Waals surface area contributed by atoms with Gasteiger partial charge in [-0.3, -0.25) is 9.69 Å². The molecule has 1 amide bonds. The lowest BCUT2D eigenvalue weighted by molar-refractivity contribution is -0.135. The first-order chi connectivity index (χ1) is 8.63. The molecule has 2 N–H and O–H groups in total. The van der Waals surface area contributed by atoms with E-state index in [1.807, 2.05) is 11.8 Å². The van der Waals surface area contributed by atoms with E-state index in [0.717, 1.165) is 39.2 Å². The number of carbonyl (C=O) groups excluding carboxylic acids is 1. The van der Waals surface area contributed by atoms with Crippen LogP contribution >= 0.6 is 24.8 Å². The first kappa shape index (κ1) is 22.2. The molecule has 1 aliphatic rings. The van der Waals surface area contributed by atoms with Crippen molar-refractivity contribution in [3.63, 3.8) is 0 Å². The molecule has 0 saturated carbocycles. The van der Waals surface area contributed by atoms with Crippen LogP contribution in [0.5, 0.6) is 0 Å². The van der Waals surface area contributed by atoms with Gasteiger partial charge in [0.1, 0.15) is 0 Å². The number of hydrogen-bond acceptors (Lipinski definition) is 4. The summed E-state index contributed by atoms with van der Waals surface area (Å²) in [5.74, 6) is 0.0994. The van der Waals surface area contributed by atoms with Gasteiger partial charge < -0.3 is 15.4 Å². The average molecular weight is 330 g/mol. The van der Waals surface area contributed by atoms with Crippen molar-refractivity contribution in [2.24, 2.45) is 5.73 Å². The van der Waals surface area contributed by atoms with Crippen molar-refractivity contribution in [1.82, 2.24) is 9.80 Å². The maximum Gasteiger partial charge on any atom is 0.239 e. The zero-order valence-electron chi connectivity index (χ0n) is 12.7. The highest BCUT2D eigenvalue weighted by atomic mass is 35.5. The minimum absolute atomic E-state index is 0. The number of halogens is 2. The number of nitrogens with two attached hydrogens (primary N) is 1. The first-order valence-corrected chi connectivity index (χ1v) is 6.91. The standard InChI is InChI=1S/C13H27N3O2.2ClH/c1-4-11-10-16(13(17)12(14)5-2)7-6-15(11)8-9-18-3;;/h11-12H,4-10,14H2,1-3H3;2*1H/t11?,12-;;/m0../s1. The van der Waals surface area contributed by atoms with Crippen molar-refractivity contribution in [3.05, 3.63) is 0 Å². The van der Waals surface area contributed by atoms with Crippen LogP contribution < -0.4 is 5.73 Å². The summed E-state index contributed by atoms with van der Waals surface area (Å²) in [4.78, 5) is 16.4. The Morgan fingerprint density at radius 3 is 2.50 bits per heavy atom. The third-order valence-corrected chi connectivity index (χ3v) is 3.73. The number of rotatable bonds is 6. The third-order valence-electron chi connectivity index (χ3n) is 3.73. The van der Waals surface area contributed by atoms with Crippen LogP contribution in [-0.2, 0) is 9.53 Å². The van der Waals surface area contributed by atoms with E-state index in [1.165, 1.54) is 0 Å². The SMILES string of the molecule is CCC1CN(C(=O)[C@@H](N)CC)CCN1CCOC.Cl.Cl. The van der Waals surface area contributed by atoms with Crippen LogP contribution in [-0.4, -0.2) is 67.7 Å². The van der Waals surface area contributed by atoms with Gasteiger partial charge in [-0.15, -0.1) is 24.8 Å². The molecule has 0 aromatic carbocycles. The van der Waals surface area contributed by atoms with Crippen LogP contribution in [0.1, 0.15) is 26.7 Å². The molecule has 1 fully saturated rings. The lowest BCUT2D eigenvalue weighted by Gasteiger charge is -2.41. The monoisotopic (exact) mass is 329 g/mol. The van der Waals surface area contributed by atoms with E-state index in [2.05, 4.69) is 11.8 Å². The van der Waals surface area contributed by atoms with Crippen molar-refractivity contribution in [3.8, 4) is 0 Å². The molecule has 20 heavy (non-hydrogen) atoms. The van der Waals surface area contributed by atoms with E-state index in [1.54, 1.807) is 7.11 Å². The highest BCUT2D eigenvalue weighted by molar-refractivity contribution is 5.85. The largest absolute Gasteiger partial charge is 0.383 e. The van der Waals surface area contributed by atoms with Crippen LogP contribution in [0.4, 0.5) is 0 Å². The fraction of sp³-hybridized carbons (Fsp3) is 0.923. The summed E-state index contributed by atoms with van der Waals surface area (Å²) >= 11 is 0. The zero-order valence-corrected chi connectivity index (χ0v) is 14.3. The average Bonchev–Trinajstić information content (AvgIpc) is 2.43. The molecule has 0 spiro atoms. The van der Waals surface area contributed by atoms with Gasteiger partial charge >= 0.3 is 0 Å². The predicted octanol–water partition coefficient (Wildman–Crippen LogP) is 1.14. The highest BCUT2D eigenvalue weighted by Gasteiger charge is 2.29. The van der Waals surface area contributed by atoms with Gasteiger partial charge in [0, 0.05) is 39.3 Å². The third kappa shape index (κ3) is 6.14. The molecule has 0 bridgehead atoms. The van der Waals surface area contributed by atoms with Gasteiger partial charge in [-0.2, -0.15) is 0 Å². The fourth-order valence-electron chi connectivity index (χ4n) is 2.39. The normalized spacial score (nSPS) is 20.8. The smallest absolute Gasteiger partial charge is 0.239 e. The van der Waals surface area contributed by atoms with Gasteiger partial charge in [0.15, 0.2) is 0 Å².